The zero-order valence-electron chi connectivity index (χ0n) is 10.4. The molecule has 1 aliphatic heterocycles. The monoisotopic (exact) mass is 276 g/mol. The van der Waals surface area contributed by atoms with Gasteiger partial charge >= 0.3 is 0 Å². The van der Waals surface area contributed by atoms with Crippen LogP contribution in [0, 0.1) is 0 Å². The van der Waals surface area contributed by atoms with E-state index >= 15 is 0 Å². The molecule has 5 heteroatoms. The molecule has 1 aliphatic rings. The fraction of sp³-hybridized carbons (Fsp3) is 0.750. The summed E-state index contributed by atoms with van der Waals surface area (Å²) in [5, 5.41) is 6.80. The normalized spacial score (nSPS) is 19.6. The van der Waals surface area contributed by atoms with Gasteiger partial charge in [0, 0.05) is 31.0 Å². The van der Waals surface area contributed by atoms with E-state index in [1.54, 1.807) is 11.3 Å². The summed E-state index contributed by atoms with van der Waals surface area (Å²) in [4.78, 5) is 4.59. The van der Waals surface area contributed by atoms with E-state index in [1.165, 1.54) is 17.8 Å². The van der Waals surface area contributed by atoms with Crippen LogP contribution in [-0.4, -0.2) is 24.2 Å². The summed E-state index contributed by atoms with van der Waals surface area (Å²) in [6.07, 6.45) is 2.82. The minimum atomic E-state index is 0. The summed E-state index contributed by atoms with van der Waals surface area (Å²) in [6.45, 7) is 7.11. The van der Waals surface area contributed by atoms with Gasteiger partial charge in [0.05, 0.1) is 16.8 Å². The maximum absolute atomic E-state index is 5.55. The molecule has 1 unspecified atom stereocenters. The van der Waals surface area contributed by atoms with Gasteiger partial charge in [-0.3, -0.25) is 0 Å². The number of rotatable bonds is 5. The number of hydrogen-bond donors (Lipinski definition) is 1. The SMILES string of the molecule is CC(C)c1nc(CNCC2CCCO2)cs1.Cl. The van der Waals surface area contributed by atoms with Crippen LogP contribution in [0.4, 0.5) is 0 Å². The zero-order chi connectivity index (χ0) is 11.4. The second kappa shape index (κ2) is 7.31. The molecule has 3 nitrogen and oxygen atoms in total. The average molecular weight is 277 g/mol. The Balaban J connectivity index is 0.00000144. The molecule has 1 aromatic rings. The van der Waals surface area contributed by atoms with Crippen molar-refractivity contribution in [3.05, 3.63) is 16.1 Å². The molecule has 0 saturated carbocycles. The van der Waals surface area contributed by atoms with Crippen LogP contribution in [-0.2, 0) is 11.3 Å². The van der Waals surface area contributed by atoms with Gasteiger partial charge in [-0.15, -0.1) is 23.7 Å². The van der Waals surface area contributed by atoms with Crippen LogP contribution >= 0.6 is 23.7 Å². The predicted octanol–water partition coefficient (Wildman–Crippen LogP) is 2.96. The quantitative estimate of drug-likeness (QED) is 0.898. The molecule has 0 spiro atoms. The molecule has 0 radical (unpaired) electrons. The first-order valence-electron chi connectivity index (χ1n) is 6.02. The first-order chi connectivity index (χ1) is 7.75. The van der Waals surface area contributed by atoms with Crippen LogP contribution in [0.25, 0.3) is 0 Å². The van der Waals surface area contributed by atoms with Gasteiger partial charge in [0.25, 0.3) is 0 Å². The summed E-state index contributed by atoms with van der Waals surface area (Å²) < 4.78 is 5.55. The van der Waals surface area contributed by atoms with Gasteiger partial charge in [0.15, 0.2) is 0 Å². The van der Waals surface area contributed by atoms with Gasteiger partial charge in [0.2, 0.25) is 0 Å². The molecule has 2 rings (SSSR count). The Bertz CT molecular complexity index is 324. The minimum absolute atomic E-state index is 0. The van der Waals surface area contributed by atoms with Crippen LogP contribution in [0.3, 0.4) is 0 Å². The first-order valence-corrected chi connectivity index (χ1v) is 6.90. The summed E-state index contributed by atoms with van der Waals surface area (Å²) in [6, 6.07) is 0. The highest BCUT2D eigenvalue weighted by Crippen LogP contribution is 2.19. The van der Waals surface area contributed by atoms with Crippen LogP contribution in [0.2, 0.25) is 0 Å². The van der Waals surface area contributed by atoms with Gasteiger partial charge in [-0.2, -0.15) is 0 Å². The topological polar surface area (TPSA) is 34.2 Å². The largest absolute Gasteiger partial charge is 0.377 e. The molecule has 0 amide bonds. The fourth-order valence-corrected chi connectivity index (χ4v) is 2.67. The fourth-order valence-electron chi connectivity index (χ4n) is 1.84. The molecule has 1 fully saturated rings. The molecule has 1 N–H and O–H groups in total. The molecule has 1 atom stereocenters. The lowest BCUT2D eigenvalue weighted by atomic mass is 10.2. The highest BCUT2D eigenvalue weighted by Gasteiger charge is 2.14. The van der Waals surface area contributed by atoms with E-state index in [9.17, 15) is 0 Å². The van der Waals surface area contributed by atoms with E-state index in [-0.39, 0.29) is 12.4 Å². The number of nitrogens with one attached hydrogen (secondary N) is 1. The molecule has 1 saturated heterocycles. The molecule has 0 aliphatic carbocycles. The van der Waals surface area contributed by atoms with Crippen molar-refractivity contribution in [2.45, 2.75) is 45.3 Å². The predicted molar refractivity (Wildman–Crippen MR) is 74.1 cm³/mol. The number of ether oxygens (including phenoxy) is 1. The Hall–Kier alpha value is -0.160. The van der Waals surface area contributed by atoms with Gasteiger partial charge in [0.1, 0.15) is 0 Å². The number of hydrogen-bond acceptors (Lipinski definition) is 4. The van der Waals surface area contributed by atoms with Crippen molar-refractivity contribution in [2.75, 3.05) is 13.2 Å². The van der Waals surface area contributed by atoms with Crippen molar-refractivity contribution in [3.63, 3.8) is 0 Å². The molecule has 98 valence electrons. The second-order valence-corrected chi connectivity index (χ2v) is 5.49. The van der Waals surface area contributed by atoms with Crippen molar-refractivity contribution < 1.29 is 4.74 Å². The molecule has 17 heavy (non-hydrogen) atoms. The highest BCUT2D eigenvalue weighted by atomic mass is 35.5. The molecule has 1 aromatic heterocycles. The van der Waals surface area contributed by atoms with E-state index in [4.69, 9.17) is 4.74 Å². The summed E-state index contributed by atoms with van der Waals surface area (Å²) >= 11 is 1.76. The third-order valence-electron chi connectivity index (χ3n) is 2.77. The van der Waals surface area contributed by atoms with Crippen LogP contribution in [0.5, 0.6) is 0 Å². The Kier molecular flexibility index (Phi) is 6.41. The maximum Gasteiger partial charge on any atom is 0.0954 e. The molecule has 0 aromatic carbocycles. The maximum atomic E-state index is 5.55. The van der Waals surface area contributed by atoms with Gasteiger partial charge in [-0.25, -0.2) is 4.98 Å². The van der Waals surface area contributed by atoms with Gasteiger partial charge < -0.3 is 10.1 Å². The Morgan fingerprint density at radius 1 is 1.59 bits per heavy atom. The lowest BCUT2D eigenvalue weighted by molar-refractivity contribution is 0.110. The molecular formula is C12H21ClN2OS. The van der Waals surface area contributed by atoms with E-state index in [0.29, 0.717) is 12.0 Å². The van der Waals surface area contributed by atoms with Crippen LogP contribution < -0.4 is 5.32 Å². The number of halogens is 1. The second-order valence-electron chi connectivity index (χ2n) is 4.60. The standard InChI is InChI=1S/C12H20N2OS.ClH/c1-9(2)12-14-10(8-16-12)6-13-7-11-4-3-5-15-11;/h8-9,11,13H,3-7H2,1-2H3;1H. The van der Waals surface area contributed by atoms with E-state index in [0.717, 1.165) is 25.4 Å². The van der Waals surface area contributed by atoms with Crippen molar-refractivity contribution in [2.24, 2.45) is 0 Å². The smallest absolute Gasteiger partial charge is 0.0954 e. The lowest BCUT2D eigenvalue weighted by Crippen LogP contribution is -2.25. The van der Waals surface area contributed by atoms with Crippen molar-refractivity contribution in [1.29, 1.82) is 0 Å². The minimum Gasteiger partial charge on any atom is -0.377 e. The van der Waals surface area contributed by atoms with E-state index < -0.39 is 0 Å². The number of nitrogens with zero attached hydrogens (tertiary/aromatic N) is 1. The summed E-state index contributed by atoms with van der Waals surface area (Å²) in [7, 11) is 0. The van der Waals surface area contributed by atoms with E-state index in [2.05, 4.69) is 29.5 Å². The average Bonchev–Trinajstić information content (AvgIpc) is 2.87. The first kappa shape index (κ1) is 14.9. The third-order valence-corrected chi connectivity index (χ3v) is 3.96. The molecular weight excluding hydrogens is 256 g/mol. The van der Waals surface area contributed by atoms with Crippen LogP contribution in [0.15, 0.2) is 5.38 Å². The molecule has 0 bridgehead atoms. The third kappa shape index (κ3) is 4.54. The molecule has 2 heterocycles. The zero-order valence-corrected chi connectivity index (χ0v) is 12.1. The highest BCUT2D eigenvalue weighted by molar-refractivity contribution is 7.09. The van der Waals surface area contributed by atoms with E-state index in [1.807, 2.05) is 0 Å². The Morgan fingerprint density at radius 3 is 3.00 bits per heavy atom. The van der Waals surface area contributed by atoms with Crippen molar-refractivity contribution >= 4 is 23.7 Å². The Morgan fingerprint density at radius 2 is 2.41 bits per heavy atom. The van der Waals surface area contributed by atoms with Gasteiger partial charge in [-0.1, -0.05) is 13.8 Å². The number of aromatic nitrogens is 1. The number of thiazole rings is 1. The van der Waals surface area contributed by atoms with Gasteiger partial charge in [-0.05, 0) is 12.8 Å². The van der Waals surface area contributed by atoms with Crippen molar-refractivity contribution in [3.8, 4) is 0 Å². The Labute approximate surface area is 113 Å². The summed E-state index contributed by atoms with van der Waals surface area (Å²) in [5.74, 6) is 0.539. The summed E-state index contributed by atoms with van der Waals surface area (Å²) in [5.41, 5.74) is 1.16. The van der Waals surface area contributed by atoms with Crippen LogP contribution in [0.1, 0.15) is 43.3 Å². The lowest BCUT2D eigenvalue weighted by Gasteiger charge is -2.09. The van der Waals surface area contributed by atoms with Crippen molar-refractivity contribution in [1.82, 2.24) is 10.3 Å².